The van der Waals surface area contributed by atoms with E-state index in [4.69, 9.17) is 15.6 Å². The molecule has 0 saturated carbocycles. The van der Waals surface area contributed by atoms with Crippen molar-refractivity contribution < 1.29 is 51.3 Å². The van der Waals surface area contributed by atoms with Crippen LogP contribution in [0.1, 0.15) is 94.9 Å². The number of nitrogens with zero attached hydrogens (tertiary/aromatic N) is 13. The highest BCUT2D eigenvalue weighted by Gasteiger charge is 2.56. The minimum absolute atomic E-state index is 0.0275. The molecule has 0 aromatic carbocycles. The Hall–Kier alpha value is -7.48. The van der Waals surface area contributed by atoms with Gasteiger partial charge in [0.1, 0.15) is 34.9 Å². The van der Waals surface area contributed by atoms with Crippen LogP contribution >= 0.6 is 0 Å². The molecular formula is C42H42F6N14O5. The van der Waals surface area contributed by atoms with Crippen molar-refractivity contribution in [2.24, 2.45) is 14.1 Å². The summed E-state index contributed by atoms with van der Waals surface area (Å²) in [5, 5.41) is 57.6. The molecule has 352 valence electrons. The number of aryl methyl sites for hydroxylation is 2. The molecule has 0 aliphatic carbocycles. The summed E-state index contributed by atoms with van der Waals surface area (Å²) in [6, 6.07) is 12.7. The summed E-state index contributed by atoms with van der Waals surface area (Å²) < 4.78 is 83.9. The predicted octanol–water partition coefficient (Wildman–Crippen LogP) is 4.91. The van der Waals surface area contributed by atoms with E-state index in [-0.39, 0.29) is 42.3 Å². The van der Waals surface area contributed by atoms with Crippen LogP contribution in [0.5, 0.6) is 0 Å². The fourth-order valence-corrected chi connectivity index (χ4v) is 7.28. The van der Waals surface area contributed by atoms with Crippen molar-refractivity contribution in [3.8, 4) is 34.9 Å². The molecule has 67 heavy (non-hydrogen) atoms. The molecule has 0 bridgehead atoms. The Balaban J connectivity index is 0.000000183. The number of carbonyl (C=O) groups excluding carboxylic acids is 1. The fourth-order valence-electron chi connectivity index (χ4n) is 7.28. The van der Waals surface area contributed by atoms with Crippen LogP contribution in [0, 0.1) is 22.7 Å². The van der Waals surface area contributed by atoms with Crippen LogP contribution in [0.15, 0.2) is 61.2 Å². The minimum atomic E-state index is -4.90. The third kappa shape index (κ3) is 9.74. The molecule has 0 unspecified atom stereocenters. The van der Waals surface area contributed by atoms with Gasteiger partial charge in [-0.15, -0.1) is 0 Å². The van der Waals surface area contributed by atoms with Crippen molar-refractivity contribution in [1.82, 2.24) is 58.8 Å². The second-order valence-electron chi connectivity index (χ2n) is 16.0. The number of aromatic carboxylic acids is 1. The summed E-state index contributed by atoms with van der Waals surface area (Å²) in [6.07, 6.45) is -4.18. The van der Waals surface area contributed by atoms with E-state index in [0.29, 0.717) is 65.3 Å². The zero-order valence-electron chi connectivity index (χ0n) is 36.5. The number of amides is 1. The SMILES string of the molecule is C[C@H]1CN(C(=O)c2cc(-c3ccc(C#N)cn3)nn2C)Cc2cnc([C@@](C)(O)C(F)(F)F)n21.C[C@H]1CNCc2cnc([C@@](C)(O)C(F)(F)F)n21.Cn1nc(-c2ccc(C#N)cn2)cc1C(=O)O. The number of carboxylic acid groups (broad SMARTS) is 1. The molecule has 2 aliphatic rings. The smallest absolute Gasteiger partial charge is 0.424 e. The number of hydrogen-bond donors (Lipinski definition) is 4. The van der Waals surface area contributed by atoms with Crippen LogP contribution in [0.4, 0.5) is 26.3 Å². The van der Waals surface area contributed by atoms with E-state index in [1.165, 1.54) is 54.3 Å². The number of rotatable bonds is 6. The molecule has 4 atom stereocenters. The number of hydrogen-bond acceptors (Lipinski definition) is 13. The first kappa shape index (κ1) is 49.0. The standard InChI is InChI=1S/C21H20F3N7O2.C11H8N4O2.C10H14F3N3O/c1-12-10-30(11-14-9-27-19(31(12)14)20(2,33)21(22,23)24)18(32)17-6-16(28-29(17)3)15-5-4-13(7-25)8-26-15;1-15-10(11(16)17)4-9(14-15)8-3-2-7(5-12)6-13-8;1-6-3-14-4-7-5-15-8(16(6)7)9(2,17)10(11,12)13/h4-6,8-9,12,33H,10-11H2,1-3H3;2-4,6H,1H3,(H,16,17);5-6,14,17H,3-4H2,1-2H3/t12-,20+;;6-,9+/m0.0/s1. The Bertz CT molecular complexity index is 2860. The molecule has 2 aliphatic heterocycles. The van der Waals surface area contributed by atoms with Gasteiger partial charge in [0.2, 0.25) is 11.2 Å². The van der Waals surface area contributed by atoms with Gasteiger partial charge in [0.15, 0.2) is 11.6 Å². The fraction of sp³-hybridized carbons (Fsp3) is 0.381. The number of pyridine rings is 2. The molecule has 8 heterocycles. The van der Waals surface area contributed by atoms with Crippen molar-refractivity contribution in [3.05, 3.63) is 107 Å². The second-order valence-corrected chi connectivity index (χ2v) is 16.0. The van der Waals surface area contributed by atoms with Crippen LogP contribution in [0.2, 0.25) is 0 Å². The van der Waals surface area contributed by atoms with Crippen LogP contribution in [0.3, 0.4) is 0 Å². The lowest BCUT2D eigenvalue weighted by Gasteiger charge is -2.36. The van der Waals surface area contributed by atoms with Gasteiger partial charge in [-0.25, -0.2) is 14.8 Å². The number of halogens is 6. The van der Waals surface area contributed by atoms with Gasteiger partial charge in [-0.2, -0.15) is 47.1 Å². The van der Waals surface area contributed by atoms with Gasteiger partial charge in [-0.05, 0) is 58.0 Å². The summed E-state index contributed by atoms with van der Waals surface area (Å²) in [7, 11) is 3.16. The molecular weight excluding hydrogens is 895 g/mol. The van der Waals surface area contributed by atoms with Crippen LogP contribution in [-0.4, -0.2) is 106 Å². The summed E-state index contributed by atoms with van der Waals surface area (Å²) in [4.78, 5) is 41.4. The first-order chi connectivity index (χ1) is 31.3. The van der Waals surface area contributed by atoms with E-state index in [1.54, 1.807) is 58.3 Å². The van der Waals surface area contributed by atoms with Crippen molar-refractivity contribution in [3.63, 3.8) is 0 Å². The first-order valence-corrected chi connectivity index (χ1v) is 20.1. The van der Waals surface area contributed by atoms with E-state index in [9.17, 15) is 46.1 Å². The van der Waals surface area contributed by atoms with Gasteiger partial charge in [0.25, 0.3) is 5.91 Å². The Morgan fingerprint density at radius 2 is 1.16 bits per heavy atom. The van der Waals surface area contributed by atoms with Gasteiger partial charge >= 0.3 is 18.3 Å². The lowest BCUT2D eigenvalue weighted by molar-refractivity contribution is -0.263. The highest BCUT2D eigenvalue weighted by atomic mass is 19.4. The number of carboxylic acids is 1. The Morgan fingerprint density at radius 3 is 1.60 bits per heavy atom. The summed E-state index contributed by atoms with van der Waals surface area (Å²) in [5.74, 6) is -2.23. The van der Waals surface area contributed by atoms with E-state index in [2.05, 4.69) is 35.5 Å². The number of nitriles is 2. The van der Waals surface area contributed by atoms with Crippen molar-refractivity contribution in [1.29, 1.82) is 10.5 Å². The third-order valence-electron chi connectivity index (χ3n) is 11.0. The summed E-state index contributed by atoms with van der Waals surface area (Å²) in [6.45, 7) is 6.02. The van der Waals surface area contributed by atoms with E-state index >= 15 is 0 Å². The normalized spacial score (nSPS) is 17.5. The van der Waals surface area contributed by atoms with E-state index in [1.807, 2.05) is 12.1 Å². The largest absolute Gasteiger partial charge is 0.477 e. The van der Waals surface area contributed by atoms with Crippen molar-refractivity contribution in [2.45, 2.75) is 76.4 Å². The number of aromatic nitrogens is 10. The quantitative estimate of drug-likeness (QED) is 0.162. The maximum Gasteiger partial charge on any atom is 0.424 e. The predicted molar refractivity (Wildman–Crippen MR) is 221 cm³/mol. The topological polar surface area (TPSA) is 255 Å². The minimum Gasteiger partial charge on any atom is -0.477 e. The second kappa shape index (κ2) is 18.4. The Kier molecular flexibility index (Phi) is 13.5. The molecule has 0 saturated heterocycles. The maximum atomic E-state index is 13.4. The lowest BCUT2D eigenvalue weighted by atomic mass is 10.0. The van der Waals surface area contributed by atoms with Crippen molar-refractivity contribution in [2.75, 3.05) is 13.1 Å². The summed E-state index contributed by atoms with van der Waals surface area (Å²) >= 11 is 0. The third-order valence-corrected chi connectivity index (χ3v) is 11.0. The van der Waals surface area contributed by atoms with Crippen LogP contribution in [0.25, 0.3) is 22.8 Å². The van der Waals surface area contributed by atoms with Gasteiger partial charge in [0, 0.05) is 64.4 Å². The molecule has 25 heteroatoms. The molecule has 6 aromatic heterocycles. The average Bonchev–Trinajstić information content (AvgIpc) is 4.09. The molecule has 1 amide bonds. The molecule has 0 spiro atoms. The highest BCUT2D eigenvalue weighted by molar-refractivity contribution is 5.93. The monoisotopic (exact) mass is 936 g/mol. The van der Waals surface area contributed by atoms with Gasteiger partial charge in [0.05, 0.1) is 52.7 Å². The van der Waals surface area contributed by atoms with E-state index in [0.717, 1.165) is 6.92 Å². The molecule has 6 aromatic rings. The lowest BCUT2D eigenvalue weighted by Crippen LogP contribution is -2.45. The molecule has 0 radical (unpaired) electrons. The van der Waals surface area contributed by atoms with E-state index < -0.39 is 41.4 Å². The summed E-state index contributed by atoms with van der Waals surface area (Å²) in [5.41, 5.74) is -1.84. The molecule has 19 nitrogen and oxygen atoms in total. The maximum absolute atomic E-state index is 13.4. The van der Waals surface area contributed by atoms with Gasteiger partial charge in [-0.3, -0.25) is 24.1 Å². The number of alkyl halides is 6. The van der Waals surface area contributed by atoms with Gasteiger partial charge in [-0.1, -0.05) is 0 Å². The number of aliphatic hydroxyl groups is 2. The zero-order chi connectivity index (χ0) is 49.4. The van der Waals surface area contributed by atoms with Gasteiger partial charge < -0.3 is 34.7 Å². The average molecular weight is 937 g/mol. The van der Waals surface area contributed by atoms with Crippen LogP contribution in [-0.2, 0) is 38.4 Å². The highest BCUT2D eigenvalue weighted by Crippen LogP contribution is 2.41. The van der Waals surface area contributed by atoms with Crippen molar-refractivity contribution >= 4 is 11.9 Å². The number of imidazole rings is 2. The molecule has 8 rings (SSSR count). The molecule has 0 fully saturated rings. The molecule has 4 N–H and O–H groups in total. The first-order valence-electron chi connectivity index (χ1n) is 20.1. The zero-order valence-corrected chi connectivity index (χ0v) is 36.5. The van der Waals surface area contributed by atoms with Crippen LogP contribution < -0.4 is 5.32 Å². The Morgan fingerprint density at radius 1 is 0.701 bits per heavy atom. The number of nitrogens with one attached hydrogen (secondary N) is 1. The number of carbonyl (C=O) groups is 2. The number of fused-ring (bicyclic) bond motifs is 2. The Labute approximate surface area is 377 Å².